The third-order valence-corrected chi connectivity index (χ3v) is 1.38. The summed E-state index contributed by atoms with van der Waals surface area (Å²) in [4.78, 5) is 10.9. The second kappa shape index (κ2) is 5.08. The number of hydrogen-bond donors (Lipinski definition) is 3. The number of hydrogen-bond acceptors (Lipinski definition) is 5. The predicted molar refractivity (Wildman–Crippen MR) is 42.6 cm³/mol. The molecule has 0 aromatic carbocycles. The number of ether oxygens (including phenoxy) is 1. The van der Waals surface area contributed by atoms with Crippen molar-refractivity contribution in [2.75, 3.05) is 26.8 Å². The number of carbonyl (C=O) groups excluding carboxylic acids is 1. The second-order valence-corrected chi connectivity index (χ2v) is 2.67. The van der Waals surface area contributed by atoms with Gasteiger partial charge < -0.3 is 20.3 Å². The number of aliphatic hydroxyl groups is 2. The molecule has 0 heterocycles. The maximum absolute atomic E-state index is 10.9. The van der Waals surface area contributed by atoms with Gasteiger partial charge in [0.1, 0.15) is 0 Å². The fourth-order valence-electron chi connectivity index (χ4n) is 0.703. The van der Waals surface area contributed by atoms with Crippen molar-refractivity contribution in [3.05, 3.63) is 0 Å². The van der Waals surface area contributed by atoms with E-state index in [2.05, 4.69) is 10.1 Å². The van der Waals surface area contributed by atoms with E-state index < -0.39 is 11.6 Å². The zero-order valence-corrected chi connectivity index (χ0v) is 7.33. The highest BCUT2D eigenvalue weighted by molar-refractivity contribution is 5.78. The molecular weight excluding hydrogens is 162 g/mol. The smallest absolute Gasteiger partial charge is 0.338 e. The van der Waals surface area contributed by atoms with E-state index in [1.165, 1.54) is 14.0 Å². The van der Waals surface area contributed by atoms with E-state index in [1.807, 2.05) is 0 Å². The molecular formula is C7H15NO4. The minimum absolute atomic E-state index is 0.0305. The monoisotopic (exact) mass is 177 g/mol. The van der Waals surface area contributed by atoms with Gasteiger partial charge in [-0.2, -0.15) is 0 Å². The molecule has 0 aliphatic rings. The van der Waals surface area contributed by atoms with Crippen LogP contribution in [0.25, 0.3) is 0 Å². The van der Waals surface area contributed by atoms with Crippen LogP contribution in [-0.4, -0.2) is 48.6 Å². The summed E-state index contributed by atoms with van der Waals surface area (Å²) in [5.74, 6) is -0.687. The maximum atomic E-state index is 10.9. The van der Waals surface area contributed by atoms with Crippen molar-refractivity contribution in [3.8, 4) is 0 Å². The van der Waals surface area contributed by atoms with Gasteiger partial charge in [0.15, 0.2) is 5.60 Å². The first kappa shape index (κ1) is 11.4. The lowest BCUT2D eigenvalue weighted by atomic mass is 10.1. The molecule has 0 aliphatic heterocycles. The molecule has 5 heteroatoms. The molecule has 5 nitrogen and oxygen atoms in total. The van der Waals surface area contributed by atoms with Gasteiger partial charge in [0.05, 0.1) is 13.7 Å². The van der Waals surface area contributed by atoms with Crippen LogP contribution in [0.3, 0.4) is 0 Å². The van der Waals surface area contributed by atoms with Crippen molar-refractivity contribution in [3.63, 3.8) is 0 Å². The van der Waals surface area contributed by atoms with Gasteiger partial charge >= 0.3 is 5.97 Å². The molecule has 0 saturated carbocycles. The van der Waals surface area contributed by atoms with Crippen LogP contribution >= 0.6 is 0 Å². The van der Waals surface area contributed by atoms with Gasteiger partial charge in [0.25, 0.3) is 0 Å². The summed E-state index contributed by atoms with van der Waals surface area (Å²) in [6, 6.07) is 0. The summed E-state index contributed by atoms with van der Waals surface area (Å²) >= 11 is 0. The standard InChI is InChI=1S/C7H15NO4/c1-7(11,6(10)12-2)5-8-3-4-9/h8-9,11H,3-5H2,1-2H3. The van der Waals surface area contributed by atoms with Gasteiger partial charge in [0, 0.05) is 13.1 Å². The number of esters is 1. The number of aliphatic hydroxyl groups excluding tert-OH is 1. The van der Waals surface area contributed by atoms with Gasteiger partial charge in [-0.15, -0.1) is 0 Å². The lowest BCUT2D eigenvalue weighted by Gasteiger charge is -2.20. The molecule has 0 amide bonds. The fraction of sp³-hybridized carbons (Fsp3) is 0.857. The molecule has 0 radical (unpaired) electrons. The van der Waals surface area contributed by atoms with Gasteiger partial charge in [-0.1, -0.05) is 0 Å². The zero-order valence-electron chi connectivity index (χ0n) is 7.33. The molecule has 3 N–H and O–H groups in total. The van der Waals surface area contributed by atoms with E-state index in [-0.39, 0.29) is 13.2 Å². The maximum Gasteiger partial charge on any atom is 0.338 e. The average Bonchev–Trinajstić information content (AvgIpc) is 2.03. The van der Waals surface area contributed by atoms with E-state index in [4.69, 9.17) is 5.11 Å². The second-order valence-electron chi connectivity index (χ2n) is 2.67. The van der Waals surface area contributed by atoms with Crippen molar-refractivity contribution in [1.82, 2.24) is 5.32 Å². The SMILES string of the molecule is COC(=O)C(C)(O)CNCCO. The topological polar surface area (TPSA) is 78.8 Å². The molecule has 0 bridgehead atoms. The third-order valence-electron chi connectivity index (χ3n) is 1.38. The molecule has 12 heavy (non-hydrogen) atoms. The minimum atomic E-state index is -1.52. The number of carbonyl (C=O) groups is 1. The first-order valence-electron chi connectivity index (χ1n) is 3.67. The summed E-state index contributed by atoms with van der Waals surface area (Å²) in [6.45, 7) is 1.73. The van der Waals surface area contributed by atoms with Crippen molar-refractivity contribution >= 4 is 5.97 Å². The highest BCUT2D eigenvalue weighted by Gasteiger charge is 2.30. The fourth-order valence-corrected chi connectivity index (χ4v) is 0.703. The Hall–Kier alpha value is -0.650. The first-order valence-corrected chi connectivity index (χ1v) is 3.67. The molecule has 0 saturated heterocycles. The third kappa shape index (κ3) is 3.66. The van der Waals surface area contributed by atoms with E-state index in [0.717, 1.165) is 0 Å². The Balaban J connectivity index is 3.78. The largest absolute Gasteiger partial charge is 0.467 e. The Kier molecular flexibility index (Phi) is 4.80. The number of rotatable bonds is 5. The van der Waals surface area contributed by atoms with Crippen molar-refractivity contribution in [2.24, 2.45) is 0 Å². The van der Waals surface area contributed by atoms with Crippen LogP contribution in [0, 0.1) is 0 Å². The van der Waals surface area contributed by atoms with Gasteiger partial charge in [-0.05, 0) is 6.92 Å². The predicted octanol–water partition coefficient (Wildman–Crippen LogP) is -1.51. The summed E-state index contributed by atoms with van der Waals surface area (Å²) in [5.41, 5.74) is -1.52. The zero-order chi connectivity index (χ0) is 9.61. The number of methoxy groups -OCH3 is 1. The highest BCUT2D eigenvalue weighted by atomic mass is 16.5. The molecule has 0 aromatic heterocycles. The lowest BCUT2D eigenvalue weighted by Crippen LogP contribution is -2.46. The van der Waals surface area contributed by atoms with Crippen molar-refractivity contribution in [1.29, 1.82) is 0 Å². The van der Waals surface area contributed by atoms with Gasteiger partial charge in [0.2, 0.25) is 0 Å². The van der Waals surface area contributed by atoms with E-state index in [1.54, 1.807) is 0 Å². The van der Waals surface area contributed by atoms with E-state index in [0.29, 0.717) is 6.54 Å². The Morgan fingerprint density at radius 1 is 1.67 bits per heavy atom. The molecule has 0 aliphatic carbocycles. The Morgan fingerprint density at radius 3 is 2.67 bits per heavy atom. The molecule has 0 rings (SSSR count). The normalized spacial score (nSPS) is 15.3. The Bertz CT molecular complexity index is 146. The first-order chi connectivity index (χ1) is 5.54. The number of nitrogens with one attached hydrogen (secondary N) is 1. The quantitative estimate of drug-likeness (QED) is 0.351. The molecule has 1 atom stereocenters. The molecule has 72 valence electrons. The summed E-state index contributed by atoms with van der Waals surface area (Å²) < 4.78 is 4.35. The van der Waals surface area contributed by atoms with Crippen LogP contribution in [0.5, 0.6) is 0 Å². The van der Waals surface area contributed by atoms with Crippen LogP contribution in [-0.2, 0) is 9.53 Å². The summed E-state index contributed by atoms with van der Waals surface area (Å²) in [6.07, 6.45) is 0. The Morgan fingerprint density at radius 2 is 2.25 bits per heavy atom. The minimum Gasteiger partial charge on any atom is -0.467 e. The van der Waals surface area contributed by atoms with Crippen LogP contribution < -0.4 is 5.32 Å². The molecule has 0 spiro atoms. The van der Waals surface area contributed by atoms with Crippen molar-refractivity contribution < 1.29 is 19.7 Å². The van der Waals surface area contributed by atoms with Crippen LogP contribution in [0.1, 0.15) is 6.92 Å². The molecule has 0 aromatic rings. The Labute approximate surface area is 71.3 Å². The van der Waals surface area contributed by atoms with Crippen molar-refractivity contribution in [2.45, 2.75) is 12.5 Å². The summed E-state index contributed by atoms with van der Waals surface area (Å²) in [7, 11) is 1.21. The summed E-state index contributed by atoms with van der Waals surface area (Å²) in [5, 5.41) is 20.5. The van der Waals surface area contributed by atoms with Crippen LogP contribution in [0.4, 0.5) is 0 Å². The lowest BCUT2D eigenvalue weighted by molar-refractivity contribution is -0.159. The van der Waals surface area contributed by atoms with Crippen LogP contribution in [0.2, 0.25) is 0 Å². The van der Waals surface area contributed by atoms with Gasteiger partial charge in [-0.3, -0.25) is 0 Å². The average molecular weight is 177 g/mol. The highest BCUT2D eigenvalue weighted by Crippen LogP contribution is 2.02. The van der Waals surface area contributed by atoms with E-state index >= 15 is 0 Å². The molecule has 0 fully saturated rings. The molecule has 1 unspecified atom stereocenters. The van der Waals surface area contributed by atoms with Gasteiger partial charge in [-0.25, -0.2) is 4.79 Å². The van der Waals surface area contributed by atoms with Crippen LogP contribution in [0.15, 0.2) is 0 Å². The van der Waals surface area contributed by atoms with E-state index in [9.17, 15) is 9.90 Å².